The molecule has 0 aliphatic carbocycles. The number of hydrogen-bond acceptors (Lipinski definition) is 3. The minimum absolute atomic E-state index is 0.490. The molecule has 1 heterocycles. The number of thiol groups is 1. The predicted octanol–water partition coefficient (Wildman–Crippen LogP) is 4.69. The Kier molecular flexibility index (Phi) is 4.02. The average Bonchev–Trinajstić information content (AvgIpc) is 2.75. The lowest BCUT2D eigenvalue weighted by molar-refractivity contribution is 0.415. The van der Waals surface area contributed by atoms with Crippen LogP contribution in [0.15, 0.2) is 41.6 Å². The third kappa shape index (κ3) is 2.71. The molecule has 21 heavy (non-hydrogen) atoms. The number of fused-ring (bicyclic) bond motifs is 1. The van der Waals surface area contributed by atoms with E-state index in [0.29, 0.717) is 27.5 Å². The highest BCUT2D eigenvalue weighted by molar-refractivity contribution is 7.80. The van der Waals surface area contributed by atoms with Crippen LogP contribution < -0.4 is 4.74 Å². The summed E-state index contributed by atoms with van der Waals surface area (Å²) >= 11 is 16.8. The Balaban J connectivity index is 2.05. The summed E-state index contributed by atoms with van der Waals surface area (Å²) in [7, 11) is 1.54. The van der Waals surface area contributed by atoms with Gasteiger partial charge in [0.1, 0.15) is 0 Å². The van der Waals surface area contributed by atoms with Crippen LogP contribution >= 0.6 is 35.8 Å². The summed E-state index contributed by atoms with van der Waals surface area (Å²) in [5.74, 6) is 0.490. The monoisotopic (exact) mass is 338 g/mol. The van der Waals surface area contributed by atoms with Crippen LogP contribution in [0.1, 0.15) is 5.56 Å². The smallest absolute Gasteiger partial charge is 0.166 e. The minimum Gasteiger partial charge on any atom is -0.494 e. The molecule has 2 aromatic carbocycles. The second kappa shape index (κ2) is 5.79. The molecule has 0 saturated carbocycles. The van der Waals surface area contributed by atoms with Crippen LogP contribution in [0.3, 0.4) is 0 Å². The number of halogens is 2. The zero-order valence-electron chi connectivity index (χ0n) is 11.2. The number of imidazole rings is 1. The molecule has 3 nitrogen and oxygen atoms in total. The Morgan fingerprint density at radius 1 is 1.19 bits per heavy atom. The quantitative estimate of drug-likeness (QED) is 0.701. The fourth-order valence-electron chi connectivity index (χ4n) is 2.30. The molecule has 0 aliphatic rings. The van der Waals surface area contributed by atoms with Crippen molar-refractivity contribution in [3.8, 4) is 5.75 Å². The van der Waals surface area contributed by atoms with E-state index in [1.807, 2.05) is 41.0 Å². The van der Waals surface area contributed by atoms with Crippen LogP contribution in [0.2, 0.25) is 10.0 Å². The van der Waals surface area contributed by atoms with Crippen LogP contribution in [0.25, 0.3) is 11.0 Å². The van der Waals surface area contributed by atoms with Crippen LogP contribution in [0, 0.1) is 0 Å². The molecule has 0 fully saturated rings. The molecule has 0 saturated heterocycles. The molecule has 6 heteroatoms. The van der Waals surface area contributed by atoms with E-state index in [-0.39, 0.29) is 0 Å². The van der Waals surface area contributed by atoms with E-state index in [1.165, 1.54) is 0 Å². The largest absolute Gasteiger partial charge is 0.494 e. The van der Waals surface area contributed by atoms with E-state index >= 15 is 0 Å². The van der Waals surface area contributed by atoms with Gasteiger partial charge < -0.3 is 9.30 Å². The number of aromatic nitrogens is 2. The average molecular weight is 339 g/mol. The van der Waals surface area contributed by atoms with Crippen molar-refractivity contribution >= 4 is 46.9 Å². The second-order valence-electron chi connectivity index (χ2n) is 4.58. The van der Waals surface area contributed by atoms with Crippen LogP contribution in [0.4, 0.5) is 0 Å². The summed E-state index contributed by atoms with van der Waals surface area (Å²) in [6, 6.07) is 11.6. The maximum absolute atomic E-state index is 6.18. The highest BCUT2D eigenvalue weighted by atomic mass is 35.5. The normalized spacial score (nSPS) is 11.0. The molecular weight excluding hydrogens is 327 g/mol. The molecule has 0 N–H and O–H groups in total. The first kappa shape index (κ1) is 14.6. The molecule has 0 radical (unpaired) electrons. The first-order valence-corrected chi connectivity index (χ1v) is 7.46. The summed E-state index contributed by atoms with van der Waals surface area (Å²) in [4.78, 5) is 4.42. The van der Waals surface area contributed by atoms with Gasteiger partial charge >= 0.3 is 0 Å². The molecule has 0 bridgehead atoms. The molecule has 0 amide bonds. The zero-order valence-corrected chi connectivity index (χ0v) is 13.6. The SMILES string of the molecule is COc1c(Cl)cc(Cn2c(S)nc3ccccc32)cc1Cl. The number of ether oxygens (including phenoxy) is 1. The number of benzene rings is 2. The third-order valence-electron chi connectivity index (χ3n) is 3.24. The Hall–Kier alpha value is -1.36. The van der Waals surface area contributed by atoms with E-state index in [2.05, 4.69) is 17.6 Å². The first-order chi connectivity index (χ1) is 10.1. The standard InChI is InChI=1S/C15H12Cl2N2OS/c1-20-14-10(16)6-9(7-11(14)17)8-19-13-5-3-2-4-12(13)18-15(19)21/h2-7H,8H2,1H3,(H,18,21). The third-order valence-corrected chi connectivity index (χ3v) is 4.14. The van der Waals surface area contributed by atoms with Crippen molar-refractivity contribution in [3.63, 3.8) is 0 Å². The van der Waals surface area contributed by atoms with Crippen molar-refractivity contribution in [3.05, 3.63) is 52.0 Å². The van der Waals surface area contributed by atoms with Gasteiger partial charge in [0.15, 0.2) is 10.9 Å². The highest BCUT2D eigenvalue weighted by Gasteiger charge is 2.12. The van der Waals surface area contributed by atoms with E-state index in [0.717, 1.165) is 16.6 Å². The van der Waals surface area contributed by atoms with E-state index in [1.54, 1.807) is 7.11 Å². The first-order valence-electron chi connectivity index (χ1n) is 6.26. The highest BCUT2D eigenvalue weighted by Crippen LogP contribution is 2.34. The van der Waals surface area contributed by atoms with E-state index in [4.69, 9.17) is 27.9 Å². The van der Waals surface area contributed by atoms with Crippen molar-refractivity contribution in [2.24, 2.45) is 0 Å². The van der Waals surface area contributed by atoms with Gasteiger partial charge in [-0.05, 0) is 29.8 Å². The van der Waals surface area contributed by atoms with Crippen molar-refractivity contribution in [2.45, 2.75) is 11.7 Å². The van der Waals surface area contributed by atoms with Crippen LogP contribution in [0.5, 0.6) is 5.75 Å². The summed E-state index contributed by atoms with van der Waals surface area (Å²) in [6.45, 7) is 0.586. The summed E-state index contributed by atoms with van der Waals surface area (Å²) in [6.07, 6.45) is 0. The number of nitrogens with zero attached hydrogens (tertiary/aromatic N) is 2. The summed E-state index contributed by atoms with van der Waals surface area (Å²) in [5.41, 5.74) is 2.89. The lowest BCUT2D eigenvalue weighted by atomic mass is 10.2. The van der Waals surface area contributed by atoms with Crippen molar-refractivity contribution in [2.75, 3.05) is 7.11 Å². The van der Waals surface area contributed by atoms with E-state index < -0.39 is 0 Å². The number of rotatable bonds is 3. The molecule has 108 valence electrons. The molecule has 0 unspecified atom stereocenters. The Morgan fingerprint density at radius 3 is 2.52 bits per heavy atom. The number of hydrogen-bond donors (Lipinski definition) is 1. The molecule has 0 aliphatic heterocycles. The lowest BCUT2D eigenvalue weighted by Crippen LogP contribution is -2.01. The zero-order chi connectivity index (χ0) is 15.0. The summed E-state index contributed by atoms with van der Waals surface area (Å²) in [5, 5.41) is 1.63. The van der Waals surface area contributed by atoms with Crippen LogP contribution in [-0.4, -0.2) is 16.7 Å². The van der Waals surface area contributed by atoms with Gasteiger partial charge in [-0.1, -0.05) is 35.3 Å². The molecule has 3 rings (SSSR count). The van der Waals surface area contributed by atoms with Gasteiger partial charge in [-0.3, -0.25) is 0 Å². The van der Waals surface area contributed by atoms with Crippen molar-refractivity contribution in [1.82, 2.24) is 9.55 Å². The van der Waals surface area contributed by atoms with Gasteiger partial charge in [-0.2, -0.15) is 0 Å². The molecule has 0 atom stereocenters. The fraction of sp³-hybridized carbons (Fsp3) is 0.133. The molecular formula is C15H12Cl2N2OS. The second-order valence-corrected chi connectivity index (χ2v) is 5.79. The lowest BCUT2D eigenvalue weighted by Gasteiger charge is -2.11. The number of para-hydroxylation sites is 2. The van der Waals surface area contributed by atoms with E-state index in [9.17, 15) is 0 Å². The molecule has 0 spiro atoms. The van der Waals surface area contributed by atoms with Crippen molar-refractivity contribution < 1.29 is 4.74 Å². The number of methoxy groups -OCH3 is 1. The minimum atomic E-state index is 0.490. The molecule has 1 aromatic heterocycles. The van der Waals surface area contributed by atoms with Gasteiger partial charge in [0.25, 0.3) is 0 Å². The Labute approximate surface area is 137 Å². The Morgan fingerprint density at radius 2 is 1.86 bits per heavy atom. The van der Waals surface area contributed by atoms with Gasteiger partial charge in [-0.15, -0.1) is 12.6 Å². The van der Waals surface area contributed by atoms with Gasteiger partial charge in [0.2, 0.25) is 0 Å². The fourth-order valence-corrected chi connectivity index (χ4v) is 3.27. The van der Waals surface area contributed by atoms with Gasteiger partial charge in [0, 0.05) is 0 Å². The Bertz CT molecular complexity index is 794. The van der Waals surface area contributed by atoms with Gasteiger partial charge in [0.05, 0.1) is 34.7 Å². The van der Waals surface area contributed by atoms with Gasteiger partial charge in [-0.25, -0.2) is 4.98 Å². The maximum atomic E-state index is 6.18. The molecule has 3 aromatic rings. The van der Waals surface area contributed by atoms with Crippen molar-refractivity contribution in [1.29, 1.82) is 0 Å². The van der Waals surface area contributed by atoms with Crippen LogP contribution in [-0.2, 0) is 6.54 Å². The summed E-state index contributed by atoms with van der Waals surface area (Å²) < 4.78 is 7.17. The topological polar surface area (TPSA) is 27.1 Å². The predicted molar refractivity (Wildman–Crippen MR) is 89.1 cm³/mol. The maximum Gasteiger partial charge on any atom is 0.166 e.